The lowest BCUT2D eigenvalue weighted by Crippen LogP contribution is -2.30. The van der Waals surface area contributed by atoms with Gasteiger partial charge in [0, 0.05) is 10.5 Å². The fourth-order valence-electron chi connectivity index (χ4n) is 2.35. The van der Waals surface area contributed by atoms with Crippen LogP contribution in [0.3, 0.4) is 0 Å². The second kappa shape index (κ2) is 5.17. The van der Waals surface area contributed by atoms with Gasteiger partial charge in [0.2, 0.25) is 0 Å². The minimum Gasteiger partial charge on any atom is -0.379 e. The summed E-state index contributed by atoms with van der Waals surface area (Å²) in [5.74, 6) is 0.451. The van der Waals surface area contributed by atoms with Crippen molar-refractivity contribution in [2.45, 2.75) is 38.6 Å². The molecule has 0 spiro atoms. The Morgan fingerprint density at radius 2 is 2.06 bits per heavy atom. The van der Waals surface area contributed by atoms with Crippen LogP contribution in [0.4, 0.5) is 10.1 Å². The van der Waals surface area contributed by atoms with Crippen molar-refractivity contribution >= 4 is 21.6 Å². The van der Waals surface area contributed by atoms with Gasteiger partial charge < -0.3 is 5.32 Å². The monoisotopic (exact) mass is 285 g/mol. The Bertz CT molecular complexity index is 347. The van der Waals surface area contributed by atoms with Crippen molar-refractivity contribution in [2.24, 2.45) is 5.92 Å². The number of hydrogen-bond acceptors (Lipinski definition) is 1. The van der Waals surface area contributed by atoms with Crippen LogP contribution in [0.2, 0.25) is 0 Å². The molecule has 1 aromatic carbocycles. The molecule has 0 amide bonds. The van der Waals surface area contributed by atoms with Crippen molar-refractivity contribution in [2.75, 3.05) is 5.32 Å². The summed E-state index contributed by atoms with van der Waals surface area (Å²) in [4.78, 5) is 0. The van der Waals surface area contributed by atoms with E-state index in [1.165, 1.54) is 25.3 Å². The number of rotatable bonds is 2. The first-order valence-electron chi connectivity index (χ1n) is 5.89. The minimum atomic E-state index is -0.174. The van der Waals surface area contributed by atoms with Crippen LogP contribution in [0.1, 0.15) is 32.6 Å². The topological polar surface area (TPSA) is 12.0 Å². The number of halogens is 2. The van der Waals surface area contributed by atoms with Crippen molar-refractivity contribution < 1.29 is 4.39 Å². The first-order chi connectivity index (χ1) is 7.68. The van der Waals surface area contributed by atoms with E-state index in [4.69, 9.17) is 0 Å². The van der Waals surface area contributed by atoms with Crippen LogP contribution in [0.15, 0.2) is 22.7 Å². The molecule has 0 saturated heterocycles. The molecule has 1 N–H and O–H groups in total. The molecule has 2 unspecified atom stereocenters. The van der Waals surface area contributed by atoms with Gasteiger partial charge in [-0.1, -0.05) is 25.8 Å². The lowest BCUT2D eigenvalue weighted by molar-refractivity contribution is 0.348. The maximum Gasteiger partial charge on any atom is 0.147 e. The molecule has 0 radical (unpaired) electrons. The van der Waals surface area contributed by atoms with Crippen molar-refractivity contribution in [3.63, 3.8) is 0 Å². The molecule has 2 rings (SSSR count). The predicted molar refractivity (Wildman–Crippen MR) is 69.1 cm³/mol. The molecule has 1 aliphatic carbocycles. The minimum absolute atomic E-state index is 0.174. The summed E-state index contributed by atoms with van der Waals surface area (Å²) in [7, 11) is 0. The van der Waals surface area contributed by atoms with Crippen LogP contribution in [-0.2, 0) is 0 Å². The fraction of sp³-hybridized carbons (Fsp3) is 0.538. The Morgan fingerprint density at radius 3 is 2.75 bits per heavy atom. The number of nitrogens with one attached hydrogen (secondary N) is 1. The molecule has 0 aromatic heterocycles. The van der Waals surface area contributed by atoms with Crippen molar-refractivity contribution in [3.05, 3.63) is 28.5 Å². The first-order valence-corrected chi connectivity index (χ1v) is 6.68. The maximum atomic E-state index is 13.6. The second-order valence-corrected chi connectivity index (χ2v) is 5.46. The highest BCUT2D eigenvalue weighted by atomic mass is 79.9. The van der Waals surface area contributed by atoms with E-state index in [1.54, 1.807) is 6.07 Å². The van der Waals surface area contributed by atoms with Gasteiger partial charge in [-0.25, -0.2) is 4.39 Å². The highest BCUT2D eigenvalue weighted by Gasteiger charge is 2.22. The van der Waals surface area contributed by atoms with Crippen molar-refractivity contribution in [1.82, 2.24) is 0 Å². The Labute approximate surface area is 105 Å². The molecule has 1 nitrogen and oxygen atoms in total. The number of para-hydroxylation sites is 1. The zero-order valence-electron chi connectivity index (χ0n) is 9.47. The summed E-state index contributed by atoms with van der Waals surface area (Å²) in [6, 6.07) is 5.50. The Morgan fingerprint density at radius 1 is 1.31 bits per heavy atom. The largest absolute Gasteiger partial charge is 0.379 e. The molecule has 1 aliphatic rings. The van der Waals surface area contributed by atoms with E-state index in [9.17, 15) is 4.39 Å². The quantitative estimate of drug-likeness (QED) is 0.839. The van der Waals surface area contributed by atoms with Gasteiger partial charge in [-0.15, -0.1) is 0 Å². The molecule has 0 aliphatic heterocycles. The number of benzene rings is 1. The van der Waals surface area contributed by atoms with Crippen LogP contribution in [0, 0.1) is 11.7 Å². The molecule has 0 heterocycles. The van der Waals surface area contributed by atoms with E-state index in [2.05, 4.69) is 28.2 Å². The predicted octanol–water partition coefficient (Wildman–Crippen LogP) is 4.58. The zero-order valence-corrected chi connectivity index (χ0v) is 11.1. The van der Waals surface area contributed by atoms with Crippen LogP contribution in [0.25, 0.3) is 0 Å². The highest BCUT2D eigenvalue weighted by molar-refractivity contribution is 9.10. The smallest absolute Gasteiger partial charge is 0.147 e. The summed E-state index contributed by atoms with van der Waals surface area (Å²) in [6.45, 7) is 2.24. The molecule has 1 saturated carbocycles. The molecule has 3 heteroatoms. The molecular formula is C13H17BrFN. The highest BCUT2D eigenvalue weighted by Crippen LogP contribution is 2.31. The lowest BCUT2D eigenvalue weighted by Gasteiger charge is -2.30. The third-order valence-corrected chi connectivity index (χ3v) is 4.06. The normalized spacial score (nSPS) is 25.4. The fourth-order valence-corrected chi connectivity index (χ4v) is 2.81. The van der Waals surface area contributed by atoms with Gasteiger partial charge in [0.25, 0.3) is 0 Å². The van der Waals surface area contributed by atoms with Crippen molar-refractivity contribution in [1.29, 1.82) is 0 Å². The van der Waals surface area contributed by atoms with E-state index in [0.29, 0.717) is 17.6 Å². The molecule has 2 atom stereocenters. The summed E-state index contributed by atoms with van der Waals surface area (Å²) in [6.07, 6.45) is 4.93. The van der Waals surface area contributed by atoms with E-state index in [1.807, 2.05) is 6.07 Å². The van der Waals surface area contributed by atoms with Gasteiger partial charge in [0.05, 0.1) is 5.69 Å². The Hall–Kier alpha value is -0.570. The standard InChI is InChI=1S/C13H17BrFN/c1-9-5-2-3-8-12(9)16-13-10(14)6-4-7-11(13)15/h4,6-7,9,12,16H,2-3,5,8H2,1H3. The maximum absolute atomic E-state index is 13.6. The molecule has 1 aromatic rings. The summed E-state index contributed by atoms with van der Waals surface area (Å²) >= 11 is 3.39. The Balaban J connectivity index is 2.13. The molecule has 88 valence electrons. The van der Waals surface area contributed by atoms with E-state index in [-0.39, 0.29) is 5.82 Å². The zero-order chi connectivity index (χ0) is 11.5. The third-order valence-electron chi connectivity index (χ3n) is 3.40. The SMILES string of the molecule is CC1CCCCC1Nc1c(F)cccc1Br. The summed E-state index contributed by atoms with van der Waals surface area (Å²) in [5.41, 5.74) is 0.612. The second-order valence-electron chi connectivity index (χ2n) is 4.61. The van der Waals surface area contributed by atoms with E-state index < -0.39 is 0 Å². The Kier molecular flexibility index (Phi) is 3.85. The van der Waals surface area contributed by atoms with E-state index >= 15 is 0 Å². The van der Waals surface area contributed by atoms with E-state index in [0.717, 1.165) is 10.9 Å². The lowest BCUT2D eigenvalue weighted by atomic mass is 9.86. The molecule has 0 bridgehead atoms. The van der Waals surface area contributed by atoms with Crippen molar-refractivity contribution in [3.8, 4) is 0 Å². The van der Waals surface area contributed by atoms with Crippen LogP contribution >= 0.6 is 15.9 Å². The van der Waals surface area contributed by atoms with Gasteiger partial charge in [-0.3, -0.25) is 0 Å². The molecule has 16 heavy (non-hydrogen) atoms. The van der Waals surface area contributed by atoms with Gasteiger partial charge in [0.1, 0.15) is 5.82 Å². The van der Waals surface area contributed by atoms with Crippen LogP contribution in [0.5, 0.6) is 0 Å². The average molecular weight is 286 g/mol. The van der Waals surface area contributed by atoms with Gasteiger partial charge in [-0.05, 0) is 46.8 Å². The summed E-state index contributed by atoms with van der Waals surface area (Å²) in [5, 5.41) is 3.35. The summed E-state index contributed by atoms with van der Waals surface area (Å²) < 4.78 is 14.5. The van der Waals surface area contributed by atoms with Gasteiger partial charge in [-0.2, -0.15) is 0 Å². The van der Waals surface area contributed by atoms with Gasteiger partial charge in [0.15, 0.2) is 0 Å². The molecular weight excluding hydrogens is 269 g/mol. The molecule has 1 fully saturated rings. The third kappa shape index (κ3) is 2.57. The van der Waals surface area contributed by atoms with Crippen LogP contribution < -0.4 is 5.32 Å². The number of anilines is 1. The first kappa shape index (κ1) is 11.9. The van der Waals surface area contributed by atoms with Crippen LogP contribution in [-0.4, -0.2) is 6.04 Å². The average Bonchev–Trinajstić information content (AvgIpc) is 2.26. The number of hydrogen-bond donors (Lipinski definition) is 1. The van der Waals surface area contributed by atoms with Gasteiger partial charge >= 0.3 is 0 Å².